The highest BCUT2D eigenvalue weighted by Gasteiger charge is 2.40. The molecule has 4 aromatic rings. The van der Waals surface area contributed by atoms with Crippen LogP contribution in [-0.2, 0) is 6.18 Å². The maximum Gasteiger partial charge on any atom is 0.435 e. The van der Waals surface area contributed by atoms with Gasteiger partial charge >= 0.3 is 6.18 Å². The zero-order valence-corrected chi connectivity index (χ0v) is 12.0. The van der Waals surface area contributed by atoms with Gasteiger partial charge in [-0.1, -0.05) is 41.6 Å². The van der Waals surface area contributed by atoms with Crippen LogP contribution in [0.25, 0.3) is 28.6 Å². The van der Waals surface area contributed by atoms with Gasteiger partial charge in [-0.15, -0.1) is 0 Å². The van der Waals surface area contributed by atoms with Gasteiger partial charge in [0.15, 0.2) is 5.69 Å². The summed E-state index contributed by atoms with van der Waals surface area (Å²) < 4.78 is 46.4. The molecule has 5 nitrogen and oxygen atoms in total. The quantitative estimate of drug-likeness (QED) is 0.556. The lowest BCUT2D eigenvalue weighted by Gasteiger charge is -2.03. The molecule has 0 fully saturated rings. The largest absolute Gasteiger partial charge is 0.435 e. The molecule has 0 bridgehead atoms. The molecule has 0 N–H and O–H groups in total. The van der Waals surface area contributed by atoms with Crippen LogP contribution in [0.1, 0.15) is 5.69 Å². The molecule has 0 aliphatic rings. The van der Waals surface area contributed by atoms with Gasteiger partial charge in [0.25, 0.3) is 5.89 Å². The van der Waals surface area contributed by atoms with E-state index in [9.17, 15) is 13.2 Å². The van der Waals surface area contributed by atoms with Crippen molar-refractivity contribution in [3.05, 3.63) is 60.4 Å². The van der Waals surface area contributed by atoms with Crippen LogP contribution in [0.15, 0.2) is 59.3 Å². The number of pyridine rings is 1. The van der Waals surface area contributed by atoms with Crippen molar-refractivity contribution in [2.75, 3.05) is 0 Å². The van der Waals surface area contributed by atoms with E-state index in [-0.39, 0.29) is 23.1 Å². The highest BCUT2D eigenvalue weighted by molar-refractivity contribution is 5.63. The van der Waals surface area contributed by atoms with E-state index in [1.807, 2.05) is 6.07 Å². The van der Waals surface area contributed by atoms with Gasteiger partial charge in [0.2, 0.25) is 5.82 Å². The molecule has 24 heavy (non-hydrogen) atoms. The average Bonchev–Trinajstić information content (AvgIpc) is 3.19. The second-order valence-electron chi connectivity index (χ2n) is 5.02. The molecule has 1 aromatic carbocycles. The maximum atomic E-state index is 13.3. The molecule has 0 saturated heterocycles. The van der Waals surface area contributed by atoms with Crippen molar-refractivity contribution in [3.63, 3.8) is 0 Å². The van der Waals surface area contributed by atoms with Crippen LogP contribution in [0.5, 0.6) is 0 Å². The van der Waals surface area contributed by atoms with Gasteiger partial charge in [-0.3, -0.25) is 4.40 Å². The topological polar surface area (TPSA) is 56.2 Å². The summed E-state index contributed by atoms with van der Waals surface area (Å²) >= 11 is 0. The van der Waals surface area contributed by atoms with Crippen molar-refractivity contribution in [1.82, 2.24) is 19.5 Å². The average molecular weight is 330 g/mol. The molecule has 0 unspecified atom stereocenters. The third kappa shape index (κ3) is 2.32. The summed E-state index contributed by atoms with van der Waals surface area (Å²) in [6, 6.07) is 13.6. The number of hydrogen-bond donors (Lipinski definition) is 0. The fourth-order valence-electron chi connectivity index (χ4n) is 2.42. The predicted molar refractivity (Wildman–Crippen MR) is 78.9 cm³/mol. The molecule has 0 amide bonds. The van der Waals surface area contributed by atoms with E-state index in [4.69, 9.17) is 4.52 Å². The summed E-state index contributed by atoms with van der Waals surface area (Å²) in [5.41, 5.74) is -0.529. The first kappa shape index (κ1) is 14.4. The van der Waals surface area contributed by atoms with Crippen LogP contribution in [0.2, 0.25) is 0 Å². The fourth-order valence-corrected chi connectivity index (χ4v) is 2.42. The summed E-state index contributed by atoms with van der Waals surface area (Å²) in [5, 5.41) is 3.78. The van der Waals surface area contributed by atoms with Crippen LogP contribution < -0.4 is 0 Å². The van der Waals surface area contributed by atoms with Gasteiger partial charge in [-0.05, 0) is 12.1 Å². The zero-order chi connectivity index (χ0) is 16.7. The highest BCUT2D eigenvalue weighted by Crippen LogP contribution is 2.37. The third-order valence-electron chi connectivity index (χ3n) is 3.46. The van der Waals surface area contributed by atoms with E-state index < -0.39 is 11.9 Å². The molecule has 0 aliphatic heterocycles. The van der Waals surface area contributed by atoms with Crippen LogP contribution in [0.4, 0.5) is 13.2 Å². The number of nitrogens with zero attached hydrogens (tertiary/aromatic N) is 4. The minimum absolute atomic E-state index is 0.152. The Morgan fingerprint density at radius 1 is 0.917 bits per heavy atom. The Morgan fingerprint density at radius 2 is 1.67 bits per heavy atom. The van der Waals surface area contributed by atoms with E-state index in [0.29, 0.717) is 5.56 Å². The van der Waals surface area contributed by atoms with Crippen molar-refractivity contribution in [2.45, 2.75) is 6.18 Å². The Labute approximate surface area is 133 Å². The second kappa shape index (κ2) is 5.19. The van der Waals surface area contributed by atoms with E-state index in [0.717, 1.165) is 0 Å². The number of halogens is 3. The number of fused-ring (bicyclic) bond motifs is 1. The van der Waals surface area contributed by atoms with Gasteiger partial charge in [-0.25, -0.2) is 4.98 Å². The van der Waals surface area contributed by atoms with Crippen LogP contribution in [-0.4, -0.2) is 19.5 Å². The van der Waals surface area contributed by atoms with E-state index in [1.54, 1.807) is 36.4 Å². The van der Waals surface area contributed by atoms with Gasteiger partial charge in [0.1, 0.15) is 11.3 Å². The van der Waals surface area contributed by atoms with Gasteiger partial charge in [0, 0.05) is 11.8 Å². The summed E-state index contributed by atoms with van der Waals surface area (Å²) in [7, 11) is 0. The first-order valence-electron chi connectivity index (χ1n) is 6.98. The van der Waals surface area contributed by atoms with Crippen molar-refractivity contribution < 1.29 is 17.7 Å². The SMILES string of the molecule is FC(F)(F)c1nc2ccccn2c1-c1nc(-c2ccccc2)no1. The summed E-state index contributed by atoms with van der Waals surface area (Å²) in [5.74, 6) is -0.0236. The molecule has 3 aromatic heterocycles. The standard InChI is InChI=1S/C16H9F3N4O/c17-16(18,19)13-12(23-9-5-4-8-11(23)20-13)15-21-14(22-24-15)10-6-2-1-3-7-10/h1-9H. The molecule has 0 radical (unpaired) electrons. The maximum absolute atomic E-state index is 13.3. The van der Waals surface area contributed by atoms with E-state index in [1.165, 1.54) is 16.7 Å². The number of alkyl halides is 3. The molecule has 0 saturated carbocycles. The normalized spacial score (nSPS) is 12.0. The predicted octanol–water partition coefficient (Wildman–Crippen LogP) is 4.07. The van der Waals surface area contributed by atoms with E-state index >= 15 is 0 Å². The molecule has 0 spiro atoms. The van der Waals surface area contributed by atoms with Crippen LogP contribution >= 0.6 is 0 Å². The number of imidazole rings is 1. The molecule has 4 rings (SSSR count). The minimum atomic E-state index is -4.64. The molecule has 3 heterocycles. The Kier molecular flexibility index (Phi) is 3.12. The van der Waals surface area contributed by atoms with Gasteiger partial charge < -0.3 is 4.52 Å². The number of aromatic nitrogens is 4. The van der Waals surface area contributed by atoms with Crippen LogP contribution in [0, 0.1) is 0 Å². The third-order valence-corrected chi connectivity index (χ3v) is 3.46. The van der Waals surface area contributed by atoms with E-state index in [2.05, 4.69) is 15.1 Å². The molecule has 8 heteroatoms. The number of hydrogen-bond acceptors (Lipinski definition) is 4. The number of benzene rings is 1. The molecule has 0 atom stereocenters. The smallest absolute Gasteiger partial charge is 0.332 e. The Balaban J connectivity index is 1.92. The van der Waals surface area contributed by atoms with Crippen molar-refractivity contribution in [1.29, 1.82) is 0 Å². The first-order valence-corrected chi connectivity index (χ1v) is 6.98. The minimum Gasteiger partial charge on any atom is -0.332 e. The summed E-state index contributed by atoms with van der Waals surface area (Å²) in [6.07, 6.45) is -3.16. The van der Waals surface area contributed by atoms with Crippen molar-refractivity contribution in [3.8, 4) is 23.0 Å². The monoisotopic (exact) mass is 330 g/mol. The molecule has 120 valence electrons. The van der Waals surface area contributed by atoms with Crippen molar-refractivity contribution in [2.24, 2.45) is 0 Å². The Bertz CT molecular complexity index is 1010. The lowest BCUT2D eigenvalue weighted by Crippen LogP contribution is -2.07. The van der Waals surface area contributed by atoms with Gasteiger partial charge in [0.05, 0.1) is 0 Å². The second-order valence-corrected chi connectivity index (χ2v) is 5.02. The van der Waals surface area contributed by atoms with Gasteiger partial charge in [-0.2, -0.15) is 18.2 Å². The lowest BCUT2D eigenvalue weighted by atomic mass is 10.2. The first-order chi connectivity index (χ1) is 11.5. The van der Waals surface area contributed by atoms with Crippen LogP contribution in [0.3, 0.4) is 0 Å². The fraction of sp³-hybridized carbons (Fsp3) is 0.0625. The number of rotatable bonds is 2. The highest BCUT2D eigenvalue weighted by atomic mass is 19.4. The summed E-state index contributed by atoms with van der Waals surface area (Å²) in [4.78, 5) is 7.76. The zero-order valence-electron chi connectivity index (χ0n) is 12.0. The lowest BCUT2D eigenvalue weighted by molar-refractivity contribution is -0.140. The Morgan fingerprint density at radius 3 is 2.42 bits per heavy atom. The molecular formula is C16H9F3N4O. The summed E-state index contributed by atoms with van der Waals surface area (Å²) in [6.45, 7) is 0. The van der Waals surface area contributed by atoms with Crippen molar-refractivity contribution >= 4 is 5.65 Å². The molecule has 0 aliphatic carbocycles. The Hall–Kier alpha value is -3.16. The molecular weight excluding hydrogens is 321 g/mol.